The molecule has 2 rings (SSSR count). The third kappa shape index (κ3) is 3.54. The predicted octanol–water partition coefficient (Wildman–Crippen LogP) is 4.44. The standard InChI is InChI=1S/C15H15BrClNO3/c1-20-13-5-3-4-9(14(13)19)8-18-12-7-10(17)6-11(16)15(12)21-2/h3-7,18-19H,8H2,1-2H3. The zero-order valence-electron chi connectivity index (χ0n) is 11.6. The van der Waals surface area contributed by atoms with Crippen LogP contribution in [0, 0.1) is 0 Å². The maximum Gasteiger partial charge on any atom is 0.162 e. The Labute approximate surface area is 136 Å². The zero-order valence-corrected chi connectivity index (χ0v) is 14.0. The lowest BCUT2D eigenvalue weighted by atomic mass is 10.1. The number of aromatic hydroxyl groups is 1. The Bertz CT molecular complexity index is 649. The summed E-state index contributed by atoms with van der Waals surface area (Å²) in [6, 6.07) is 8.87. The third-order valence-corrected chi connectivity index (χ3v) is 3.79. The van der Waals surface area contributed by atoms with Crippen LogP contribution in [0.3, 0.4) is 0 Å². The average Bonchev–Trinajstić information content (AvgIpc) is 2.45. The fourth-order valence-electron chi connectivity index (χ4n) is 1.96. The Kier molecular flexibility index (Phi) is 5.20. The van der Waals surface area contributed by atoms with Crippen LogP contribution in [0.1, 0.15) is 5.56 Å². The molecule has 4 nitrogen and oxygen atoms in total. The Balaban J connectivity index is 2.24. The molecule has 6 heteroatoms. The number of methoxy groups -OCH3 is 2. The van der Waals surface area contributed by atoms with Crippen molar-refractivity contribution < 1.29 is 14.6 Å². The topological polar surface area (TPSA) is 50.7 Å². The largest absolute Gasteiger partial charge is 0.504 e. The van der Waals surface area contributed by atoms with Crippen LogP contribution in [0.2, 0.25) is 5.02 Å². The molecule has 0 aliphatic carbocycles. The summed E-state index contributed by atoms with van der Waals surface area (Å²) < 4.78 is 11.2. The number of rotatable bonds is 5. The number of benzene rings is 2. The van der Waals surface area contributed by atoms with E-state index < -0.39 is 0 Å². The lowest BCUT2D eigenvalue weighted by Gasteiger charge is -2.14. The van der Waals surface area contributed by atoms with Gasteiger partial charge in [-0.15, -0.1) is 0 Å². The number of phenols is 1. The van der Waals surface area contributed by atoms with Gasteiger partial charge in [-0.1, -0.05) is 23.7 Å². The van der Waals surface area contributed by atoms with Crippen LogP contribution in [0.5, 0.6) is 17.2 Å². The van der Waals surface area contributed by atoms with E-state index in [1.807, 2.05) is 12.1 Å². The van der Waals surface area contributed by atoms with E-state index in [0.29, 0.717) is 28.6 Å². The summed E-state index contributed by atoms with van der Waals surface area (Å²) in [5.41, 5.74) is 1.45. The molecular formula is C15H15BrClNO3. The molecule has 0 heterocycles. The fraction of sp³-hybridized carbons (Fsp3) is 0.200. The molecule has 0 fully saturated rings. The zero-order chi connectivity index (χ0) is 15.4. The van der Waals surface area contributed by atoms with E-state index in [2.05, 4.69) is 21.2 Å². The van der Waals surface area contributed by atoms with E-state index in [1.54, 1.807) is 25.3 Å². The first kappa shape index (κ1) is 15.8. The van der Waals surface area contributed by atoms with E-state index in [0.717, 1.165) is 10.2 Å². The van der Waals surface area contributed by atoms with Crippen molar-refractivity contribution in [3.05, 3.63) is 45.4 Å². The molecule has 0 aliphatic heterocycles. The molecule has 112 valence electrons. The first-order valence-corrected chi connectivity index (χ1v) is 7.35. The van der Waals surface area contributed by atoms with Crippen LogP contribution in [-0.2, 0) is 6.54 Å². The molecule has 0 amide bonds. The number of anilines is 1. The minimum Gasteiger partial charge on any atom is -0.504 e. The van der Waals surface area contributed by atoms with Gasteiger partial charge in [0.05, 0.1) is 24.4 Å². The number of nitrogens with one attached hydrogen (secondary N) is 1. The Hall–Kier alpha value is -1.59. The molecular weight excluding hydrogens is 358 g/mol. The summed E-state index contributed by atoms with van der Waals surface area (Å²) in [4.78, 5) is 0. The highest BCUT2D eigenvalue weighted by molar-refractivity contribution is 9.10. The van der Waals surface area contributed by atoms with Gasteiger partial charge in [0, 0.05) is 17.1 Å². The summed E-state index contributed by atoms with van der Waals surface area (Å²) in [7, 11) is 3.10. The smallest absolute Gasteiger partial charge is 0.162 e. The van der Waals surface area contributed by atoms with Crippen molar-refractivity contribution in [3.8, 4) is 17.2 Å². The number of ether oxygens (including phenoxy) is 2. The van der Waals surface area contributed by atoms with Gasteiger partial charge in [0.25, 0.3) is 0 Å². The molecule has 0 aromatic heterocycles. The number of halogens is 2. The number of phenolic OH excluding ortho intramolecular Hbond substituents is 1. The second kappa shape index (κ2) is 6.91. The second-order valence-corrected chi connectivity index (χ2v) is 5.58. The van der Waals surface area contributed by atoms with Crippen molar-refractivity contribution in [2.75, 3.05) is 19.5 Å². The van der Waals surface area contributed by atoms with Crippen molar-refractivity contribution in [1.82, 2.24) is 0 Å². The molecule has 0 saturated heterocycles. The molecule has 0 spiro atoms. The van der Waals surface area contributed by atoms with Crippen molar-refractivity contribution in [3.63, 3.8) is 0 Å². The van der Waals surface area contributed by atoms with Crippen LogP contribution in [0.4, 0.5) is 5.69 Å². The molecule has 0 atom stereocenters. The first-order chi connectivity index (χ1) is 10.1. The number of hydrogen-bond acceptors (Lipinski definition) is 4. The van der Waals surface area contributed by atoms with Gasteiger partial charge < -0.3 is 19.9 Å². The van der Waals surface area contributed by atoms with Crippen molar-refractivity contribution in [2.45, 2.75) is 6.54 Å². The van der Waals surface area contributed by atoms with E-state index in [4.69, 9.17) is 21.1 Å². The minimum absolute atomic E-state index is 0.118. The number of hydrogen-bond donors (Lipinski definition) is 2. The van der Waals surface area contributed by atoms with Gasteiger partial charge in [-0.3, -0.25) is 0 Å². The molecule has 0 unspecified atom stereocenters. The summed E-state index contributed by atoms with van der Waals surface area (Å²) in [6.45, 7) is 0.409. The van der Waals surface area contributed by atoms with Crippen molar-refractivity contribution >= 4 is 33.2 Å². The Morgan fingerprint density at radius 3 is 2.67 bits per heavy atom. The van der Waals surface area contributed by atoms with Crippen molar-refractivity contribution in [1.29, 1.82) is 0 Å². The quantitative estimate of drug-likeness (QED) is 0.815. The summed E-state index contributed by atoms with van der Waals surface area (Å²) in [6.07, 6.45) is 0. The predicted molar refractivity (Wildman–Crippen MR) is 87.7 cm³/mol. The van der Waals surface area contributed by atoms with Gasteiger partial charge in [0.1, 0.15) is 0 Å². The molecule has 21 heavy (non-hydrogen) atoms. The second-order valence-electron chi connectivity index (χ2n) is 4.29. The molecule has 0 radical (unpaired) electrons. The Morgan fingerprint density at radius 1 is 1.24 bits per heavy atom. The van der Waals surface area contributed by atoms with Crippen LogP contribution in [0.25, 0.3) is 0 Å². The molecule has 2 aromatic rings. The van der Waals surface area contributed by atoms with E-state index in [1.165, 1.54) is 7.11 Å². The first-order valence-electron chi connectivity index (χ1n) is 6.18. The normalized spacial score (nSPS) is 10.3. The molecule has 0 saturated carbocycles. The molecule has 0 bridgehead atoms. The highest BCUT2D eigenvalue weighted by Crippen LogP contribution is 2.37. The summed E-state index contributed by atoms with van der Waals surface area (Å²) in [5, 5.41) is 13.9. The maximum absolute atomic E-state index is 10.1. The minimum atomic E-state index is 0.118. The van der Waals surface area contributed by atoms with E-state index >= 15 is 0 Å². The van der Waals surface area contributed by atoms with Crippen LogP contribution < -0.4 is 14.8 Å². The monoisotopic (exact) mass is 371 g/mol. The van der Waals surface area contributed by atoms with E-state index in [-0.39, 0.29) is 5.75 Å². The lowest BCUT2D eigenvalue weighted by molar-refractivity contribution is 0.371. The molecule has 2 N–H and O–H groups in total. The molecule has 0 aliphatic rings. The third-order valence-electron chi connectivity index (χ3n) is 2.98. The van der Waals surface area contributed by atoms with Gasteiger partial charge in [0.2, 0.25) is 0 Å². The summed E-state index contributed by atoms with van der Waals surface area (Å²) >= 11 is 9.45. The number of para-hydroxylation sites is 1. The molecule has 2 aromatic carbocycles. The van der Waals surface area contributed by atoms with Gasteiger partial charge in [0.15, 0.2) is 17.2 Å². The maximum atomic E-state index is 10.1. The highest BCUT2D eigenvalue weighted by atomic mass is 79.9. The lowest BCUT2D eigenvalue weighted by Crippen LogP contribution is -2.02. The van der Waals surface area contributed by atoms with E-state index in [9.17, 15) is 5.11 Å². The van der Waals surface area contributed by atoms with Gasteiger partial charge in [-0.2, -0.15) is 0 Å². The van der Waals surface area contributed by atoms with Crippen LogP contribution in [0.15, 0.2) is 34.8 Å². The van der Waals surface area contributed by atoms with Gasteiger partial charge >= 0.3 is 0 Å². The van der Waals surface area contributed by atoms with Gasteiger partial charge in [-0.05, 0) is 34.1 Å². The highest BCUT2D eigenvalue weighted by Gasteiger charge is 2.11. The SMILES string of the molecule is COc1cccc(CNc2cc(Cl)cc(Br)c2OC)c1O. The Morgan fingerprint density at radius 2 is 2.00 bits per heavy atom. The van der Waals surface area contributed by atoms with Crippen LogP contribution >= 0.6 is 27.5 Å². The van der Waals surface area contributed by atoms with Gasteiger partial charge in [-0.25, -0.2) is 0 Å². The average molecular weight is 373 g/mol. The van der Waals surface area contributed by atoms with Crippen molar-refractivity contribution in [2.24, 2.45) is 0 Å². The van der Waals surface area contributed by atoms with Crippen LogP contribution in [-0.4, -0.2) is 19.3 Å². The fourth-order valence-corrected chi connectivity index (χ4v) is 2.94. The summed E-state index contributed by atoms with van der Waals surface area (Å²) in [5.74, 6) is 1.21.